The highest BCUT2D eigenvalue weighted by atomic mass is 16.6. The van der Waals surface area contributed by atoms with E-state index >= 15 is 0 Å². The number of likely N-dealkylation sites (tertiary alicyclic amines) is 1. The highest BCUT2D eigenvalue weighted by Gasteiger charge is 2.35. The number of anilines is 1. The number of nitro benzene ring substituents is 1. The molecule has 8 heteroatoms. The molecule has 0 spiro atoms. The Morgan fingerprint density at radius 2 is 1.93 bits per heavy atom. The molecule has 28 heavy (non-hydrogen) atoms. The lowest BCUT2D eigenvalue weighted by Crippen LogP contribution is -2.50. The second-order valence-electron chi connectivity index (χ2n) is 7.77. The Morgan fingerprint density at radius 1 is 1.21 bits per heavy atom. The van der Waals surface area contributed by atoms with Crippen LogP contribution in [0.3, 0.4) is 0 Å². The number of nitrogens with zero attached hydrogens (tertiary/aromatic N) is 3. The van der Waals surface area contributed by atoms with Crippen molar-refractivity contribution in [3.05, 3.63) is 33.9 Å². The van der Waals surface area contributed by atoms with Gasteiger partial charge in [0.2, 0.25) is 0 Å². The van der Waals surface area contributed by atoms with Gasteiger partial charge in [-0.1, -0.05) is 12.8 Å². The summed E-state index contributed by atoms with van der Waals surface area (Å²) in [5.41, 5.74) is 0.292. The quantitative estimate of drug-likeness (QED) is 0.437. The Morgan fingerprint density at radius 3 is 2.64 bits per heavy atom. The molecular formula is C20H27N3O5. The van der Waals surface area contributed by atoms with Crippen LogP contribution in [0.25, 0.3) is 0 Å². The monoisotopic (exact) mass is 389 g/mol. The molecule has 1 aliphatic carbocycles. The summed E-state index contributed by atoms with van der Waals surface area (Å²) in [6.07, 6.45) is 6.68. The van der Waals surface area contributed by atoms with Gasteiger partial charge in [0, 0.05) is 32.7 Å². The first kappa shape index (κ1) is 20.1. The number of amides is 1. The van der Waals surface area contributed by atoms with Gasteiger partial charge in [0.1, 0.15) is 5.69 Å². The molecule has 8 nitrogen and oxygen atoms in total. The SMILES string of the molecule is CN(C)c1ccc(C(=O)OCC(=O)N2CCC[C@@H]3CCCC[C@H]32)cc1[N+](=O)[O-]. The van der Waals surface area contributed by atoms with E-state index in [0.717, 1.165) is 32.1 Å². The molecule has 0 aromatic heterocycles. The summed E-state index contributed by atoms with van der Waals surface area (Å²) in [7, 11) is 3.38. The molecule has 1 saturated heterocycles. The molecule has 0 radical (unpaired) electrons. The molecule has 1 aromatic rings. The number of fused-ring (bicyclic) bond motifs is 1. The summed E-state index contributed by atoms with van der Waals surface area (Å²) in [6, 6.07) is 4.44. The van der Waals surface area contributed by atoms with E-state index in [9.17, 15) is 19.7 Å². The molecule has 1 heterocycles. The summed E-state index contributed by atoms with van der Waals surface area (Å²) in [4.78, 5) is 39.2. The van der Waals surface area contributed by atoms with E-state index in [-0.39, 0.29) is 29.8 Å². The minimum absolute atomic E-state index is 0.0688. The van der Waals surface area contributed by atoms with Crippen LogP contribution in [-0.4, -0.2) is 55.0 Å². The third-order valence-electron chi connectivity index (χ3n) is 5.78. The number of ether oxygens (including phenoxy) is 1. The maximum atomic E-state index is 12.6. The molecule has 152 valence electrons. The molecule has 2 aliphatic rings. The van der Waals surface area contributed by atoms with E-state index in [1.165, 1.54) is 24.6 Å². The van der Waals surface area contributed by atoms with Crippen molar-refractivity contribution in [1.29, 1.82) is 0 Å². The molecule has 0 N–H and O–H groups in total. The fraction of sp³-hybridized carbons (Fsp3) is 0.600. The minimum Gasteiger partial charge on any atom is -0.452 e. The lowest BCUT2D eigenvalue weighted by Gasteiger charge is -2.44. The van der Waals surface area contributed by atoms with Crippen molar-refractivity contribution in [2.75, 3.05) is 32.1 Å². The molecular weight excluding hydrogens is 362 g/mol. The van der Waals surface area contributed by atoms with Crippen LogP contribution in [0.15, 0.2) is 18.2 Å². The van der Waals surface area contributed by atoms with Crippen LogP contribution in [0.1, 0.15) is 48.9 Å². The average Bonchev–Trinajstić information content (AvgIpc) is 2.70. The number of carbonyl (C=O) groups is 2. The summed E-state index contributed by atoms with van der Waals surface area (Å²) >= 11 is 0. The van der Waals surface area contributed by atoms with Gasteiger partial charge in [0.15, 0.2) is 6.61 Å². The maximum Gasteiger partial charge on any atom is 0.338 e. The highest BCUT2D eigenvalue weighted by Crippen LogP contribution is 2.35. The zero-order valence-corrected chi connectivity index (χ0v) is 16.4. The standard InChI is InChI=1S/C20H27N3O5/c1-21(2)17-10-9-15(12-18(17)23(26)27)20(25)28-13-19(24)22-11-5-7-14-6-3-4-8-16(14)22/h9-10,12,14,16H,3-8,11,13H2,1-2H3/t14-,16+/m0/s1. The first-order valence-corrected chi connectivity index (χ1v) is 9.81. The summed E-state index contributed by atoms with van der Waals surface area (Å²) in [5.74, 6) is -0.341. The van der Waals surface area contributed by atoms with Gasteiger partial charge in [-0.2, -0.15) is 0 Å². The van der Waals surface area contributed by atoms with Crippen molar-refractivity contribution in [2.24, 2.45) is 5.92 Å². The van der Waals surface area contributed by atoms with E-state index in [2.05, 4.69) is 0 Å². The first-order valence-electron chi connectivity index (χ1n) is 9.81. The molecule has 3 rings (SSSR count). The van der Waals surface area contributed by atoms with E-state index in [4.69, 9.17) is 4.74 Å². The Kier molecular flexibility index (Phi) is 6.16. The number of nitro groups is 1. The summed E-state index contributed by atoms with van der Waals surface area (Å²) < 4.78 is 5.19. The lowest BCUT2D eigenvalue weighted by molar-refractivity contribution is -0.384. The number of benzene rings is 1. The normalized spacial score (nSPS) is 21.6. The van der Waals surface area contributed by atoms with Crippen molar-refractivity contribution in [3.8, 4) is 0 Å². The largest absolute Gasteiger partial charge is 0.452 e. The van der Waals surface area contributed by atoms with Crippen molar-refractivity contribution in [1.82, 2.24) is 4.90 Å². The van der Waals surface area contributed by atoms with E-state index in [1.807, 2.05) is 4.90 Å². The van der Waals surface area contributed by atoms with Crippen LogP contribution in [0, 0.1) is 16.0 Å². The Hall–Kier alpha value is -2.64. The van der Waals surface area contributed by atoms with Gasteiger partial charge in [-0.3, -0.25) is 14.9 Å². The number of carbonyl (C=O) groups excluding carboxylic acids is 2. The Labute approximate surface area is 164 Å². The van der Waals surface area contributed by atoms with Gasteiger partial charge >= 0.3 is 5.97 Å². The predicted molar refractivity (Wildman–Crippen MR) is 104 cm³/mol. The number of hydrogen-bond donors (Lipinski definition) is 0. The van der Waals surface area contributed by atoms with Crippen molar-refractivity contribution < 1.29 is 19.2 Å². The van der Waals surface area contributed by atoms with Crippen LogP contribution in [-0.2, 0) is 9.53 Å². The molecule has 1 saturated carbocycles. The van der Waals surface area contributed by atoms with Crippen molar-refractivity contribution >= 4 is 23.3 Å². The smallest absolute Gasteiger partial charge is 0.338 e. The molecule has 2 atom stereocenters. The Balaban J connectivity index is 1.64. The van der Waals surface area contributed by atoms with Gasteiger partial charge in [-0.05, 0) is 43.7 Å². The summed E-state index contributed by atoms with van der Waals surface area (Å²) in [5, 5.41) is 11.3. The molecule has 1 aromatic carbocycles. The van der Waals surface area contributed by atoms with Gasteiger partial charge in [0.05, 0.1) is 10.5 Å². The van der Waals surface area contributed by atoms with Gasteiger partial charge in [-0.15, -0.1) is 0 Å². The van der Waals surface area contributed by atoms with Crippen LogP contribution in [0.4, 0.5) is 11.4 Å². The molecule has 0 unspecified atom stereocenters. The fourth-order valence-corrected chi connectivity index (χ4v) is 4.40. The lowest BCUT2D eigenvalue weighted by atomic mass is 9.78. The third kappa shape index (κ3) is 4.26. The number of esters is 1. The van der Waals surface area contributed by atoms with E-state index < -0.39 is 10.9 Å². The molecule has 1 aliphatic heterocycles. The predicted octanol–water partition coefficient (Wildman–Crippen LogP) is 3.00. The van der Waals surface area contributed by atoms with E-state index in [0.29, 0.717) is 18.2 Å². The summed E-state index contributed by atoms with van der Waals surface area (Å²) in [6.45, 7) is 0.381. The zero-order chi connectivity index (χ0) is 20.3. The zero-order valence-electron chi connectivity index (χ0n) is 16.4. The van der Waals surface area contributed by atoms with Gasteiger partial charge in [-0.25, -0.2) is 4.79 Å². The van der Waals surface area contributed by atoms with Gasteiger partial charge < -0.3 is 14.5 Å². The minimum atomic E-state index is -0.723. The maximum absolute atomic E-state index is 12.6. The highest BCUT2D eigenvalue weighted by molar-refractivity contribution is 5.93. The molecule has 1 amide bonds. The first-order chi connectivity index (χ1) is 13.4. The van der Waals surface area contributed by atoms with Crippen LogP contribution >= 0.6 is 0 Å². The Bertz CT molecular complexity index is 762. The molecule has 2 fully saturated rings. The van der Waals surface area contributed by atoms with Crippen LogP contribution in [0.5, 0.6) is 0 Å². The fourth-order valence-electron chi connectivity index (χ4n) is 4.40. The molecule has 0 bridgehead atoms. The average molecular weight is 389 g/mol. The van der Waals surface area contributed by atoms with Crippen LogP contribution < -0.4 is 4.90 Å². The number of piperidine rings is 1. The number of rotatable bonds is 5. The third-order valence-corrected chi connectivity index (χ3v) is 5.78. The van der Waals surface area contributed by atoms with Gasteiger partial charge in [0.25, 0.3) is 11.6 Å². The van der Waals surface area contributed by atoms with E-state index in [1.54, 1.807) is 19.0 Å². The topological polar surface area (TPSA) is 93.0 Å². The van der Waals surface area contributed by atoms with Crippen molar-refractivity contribution in [2.45, 2.75) is 44.6 Å². The number of hydrogen-bond acceptors (Lipinski definition) is 6. The van der Waals surface area contributed by atoms with Crippen LogP contribution in [0.2, 0.25) is 0 Å². The second kappa shape index (κ2) is 8.58. The van der Waals surface area contributed by atoms with Crippen molar-refractivity contribution in [3.63, 3.8) is 0 Å². The second-order valence-corrected chi connectivity index (χ2v) is 7.77.